The van der Waals surface area contributed by atoms with E-state index in [0.717, 1.165) is 21.3 Å². The Bertz CT molecular complexity index is 542. The lowest BCUT2D eigenvalue weighted by Gasteiger charge is -2.15. The van der Waals surface area contributed by atoms with Gasteiger partial charge < -0.3 is 4.74 Å². The van der Waals surface area contributed by atoms with Crippen LogP contribution in [0.4, 0.5) is 0 Å². The van der Waals surface area contributed by atoms with Gasteiger partial charge in [0.1, 0.15) is 5.75 Å². The summed E-state index contributed by atoms with van der Waals surface area (Å²) in [5.74, 6) is 0.803. The molecule has 0 N–H and O–H groups in total. The maximum absolute atomic E-state index is 6.54. The van der Waals surface area contributed by atoms with Gasteiger partial charge in [-0.25, -0.2) is 0 Å². The van der Waals surface area contributed by atoms with E-state index in [1.54, 1.807) is 7.11 Å². The lowest BCUT2D eigenvalue weighted by Crippen LogP contribution is -1.97. The Morgan fingerprint density at radius 1 is 1.17 bits per heavy atom. The van der Waals surface area contributed by atoms with Gasteiger partial charge in [-0.2, -0.15) is 0 Å². The van der Waals surface area contributed by atoms with Gasteiger partial charge in [0.05, 0.1) is 12.5 Å². The molecule has 2 aromatic carbocycles. The van der Waals surface area contributed by atoms with E-state index in [4.69, 9.17) is 16.3 Å². The van der Waals surface area contributed by atoms with Gasteiger partial charge in [-0.3, -0.25) is 0 Å². The van der Waals surface area contributed by atoms with Gasteiger partial charge in [-0.05, 0) is 58.5 Å². The predicted molar refractivity (Wildman–Crippen MR) is 87.5 cm³/mol. The SMILES string of the molecule is COc1ccc(Br)cc1C(Cl)c1ccc(I)cc1. The molecule has 0 aliphatic carbocycles. The van der Waals surface area contributed by atoms with Gasteiger partial charge in [0.2, 0.25) is 0 Å². The highest BCUT2D eigenvalue weighted by molar-refractivity contribution is 14.1. The number of hydrogen-bond donors (Lipinski definition) is 0. The fourth-order valence-electron chi connectivity index (χ4n) is 1.71. The lowest BCUT2D eigenvalue weighted by atomic mass is 10.0. The largest absolute Gasteiger partial charge is 0.496 e. The zero-order valence-corrected chi connectivity index (χ0v) is 14.2. The number of benzene rings is 2. The summed E-state index contributed by atoms with van der Waals surface area (Å²) in [6.07, 6.45) is 0. The lowest BCUT2D eigenvalue weighted by molar-refractivity contribution is 0.410. The molecule has 1 atom stereocenters. The van der Waals surface area contributed by atoms with Crippen molar-refractivity contribution in [3.8, 4) is 5.75 Å². The summed E-state index contributed by atoms with van der Waals surface area (Å²) in [6.45, 7) is 0. The zero-order chi connectivity index (χ0) is 13.1. The molecule has 1 nitrogen and oxygen atoms in total. The molecule has 0 spiro atoms. The van der Waals surface area contributed by atoms with Crippen molar-refractivity contribution >= 4 is 50.1 Å². The molecule has 2 aromatic rings. The molecule has 1 unspecified atom stereocenters. The van der Waals surface area contributed by atoms with Crippen LogP contribution in [0.25, 0.3) is 0 Å². The Hall–Kier alpha value is -0.260. The van der Waals surface area contributed by atoms with Crippen molar-refractivity contribution < 1.29 is 4.74 Å². The number of methoxy groups -OCH3 is 1. The summed E-state index contributed by atoms with van der Waals surface area (Å²) in [5.41, 5.74) is 2.03. The third kappa shape index (κ3) is 3.19. The van der Waals surface area contributed by atoms with Crippen molar-refractivity contribution in [2.75, 3.05) is 7.11 Å². The normalized spacial score (nSPS) is 12.2. The summed E-state index contributed by atoms with van der Waals surface area (Å²) in [5, 5.41) is -0.213. The quantitative estimate of drug-likeness (QED) is 0.462. The minimum atomic E-state index is -0.213. The highest BCUT2D eigenvalue weighted by atomic mass is 127. The second kappa shape index (κ2) is 6.26. The second-order valence-electron chi connectivity index (χ2n) is 3.80. The molecule has 0 radical (unpaired) electrons. The maximum atomic E-state index is 6.54. The van der Waals surface area contributed by atoms with Crippen molar-refractivity contribution in [2.45, 2.75) is 5.38 Å². The van der Waals surface area contributed by atoms with Gasteiger partial charge in [-0.1, -0.05) is 28.1 Å². The molecule has 0 aliphatic heterocycles. The molecule has 0 amide bonds. The smallest absolute Gasteiger partial charge is 0.123 e. The first-order chi connectivity index (χ1) is 8.61. The number of rotatable bonds is 3. The molecule has 94 valence electrons. The monoisotopic (exact) mass is 436 g/mol. The topological polar surface area (TPSA) is 9.23 Å². The van der Waals surface area contributed by atoms with Crippen LogP contribution in [-0.4, -0.2) is 7.11 Å². The number of ether oxygens (including phenoxy) is 1. The average Bonchev–Trinajstić information content (AvgIpc) is 2.39. The summed E-state index contributed by atoms with van der Waals surface area (Å²) < 4.78 is 7.55. The van der Waals surface area contributed by atoms with Crippen molar-refractivity contribution in [3.05, 3.63) is 61.6 Å². The minimum absolute atomic E-state index is 0.213. The standard InChI is InChI=1S/C14H11BrClIO/c1-18-13-7-4-10(15)8-12(13)14(16)9-2-5-11(17)6-3-9/h2-8,14H,1H3. The Kier molecular flexibility index (Phi) is 4.92. The number of halogens is 3. The Balaban J connectivity index is 2.41. The van der Waals surface area contributed by atoms with Crippen LogP contribution in [0.2, 0.25) is 0 Å². The number of alkyl halides is 1. The molecular formula is C14H11BrClIO. The first kappa shape index (κ1) is 14.2. The van der Waals surface area contributed by atoms with Crippen molar-refractivity contribution in [2.24, 2.45) is 0 Å². The molecule has 0 saturated heterocycles. The molecule has 4 heteroatoms. The molecular weight excluding hydrogens is 426 g/mol. The van der Waals surface area contributed by atoms with Gasteiger partial charge in [0.15, 0.2) is 0 Å². The van der Waals surface area contributed by atoms with E-state index < -0.39 is 0 Å². The van der Waals surface area contributed by atoms with Crippen LogP contribution in [0.5, 0.6) is 5.75 Å². The number of hydrogen-bond acceptors (Lipinski definition) is 1. The highest BCUT2D eigenvalue weighted by Crippen LogP contribution is 2.36. The van der Waals surface area contributed by atoms with E-state index in [0.29, 0.717) is 0 Å². The molecule has 18 heavy (non-hydrogen) atoms. The summed E-state index contributed by atoms with van der Waals surface area (Å²) in [7, 11) is 1.66. The van der Waals surface area contributed by atoms with Gasteiger partial charge in [0, 0.05) is 13.6 Å². The fraction of sp³-hybridized carbons (Fsp3) is 0.143. The molecule has 2 rings (SSSR count). The van der Waals surface area contributed by atoms with E-state index in [1.807, 2.05) is 30.3 Å². The first-order valence-electron chi connectivity index (χ1n) is 5.35. The molecule has 0 fully saturated rings. The van der Waals surface area contributed by atoms with E-state index in [9.17, 15) is 0 Å². The second-order valence-corrected chi connectivity index (χ2v) is 6.40. The summed E-state index contributed by atoms with van der Waals surface area (Å²) >= 11 is 12.3. The van der Waals surface area contributed by atoms with Crippen LogP contribution < -0.4 is 4.74 Å². The third-order valence-electron chi connectivity index (χ3n) is 2.63. The van der Waals surface area contributed by atoms with E-state index in [2.05, 4.69) is 50.7 Å². The van der Waals surface area contributed by atoms with Crippen molar-refractivity contribution in [1.82, 2.24) is 0 Å². The molecule has 0 saturated carbocycles. The van der Waals surface area contributed by atoms with Crippen LogP contribution >= 0.6 is 50.1 Å². The summed E-state index contributed by atoms with van der Waals surface area (Å²) in [6, 6.07) is 14.0. The highest BCUT2D eigenvalue weighted by Gasteiger charge is 2.16. The Morgan fingerprint density at radius 3 is 2.44 bits per heavy atom. The first-order valence-corrected chi connectivity index (χ1v) is 7.65. The van der Waals surface area contributed by atoms with Gasteiger partial charge >= 0.3 is 0 Å². The van der Waals surface area contributed by atoms with E-state index in [1.165, 1.54) is 3.57 Å². The Labute approximate surface area is 134 Å². The fourth-order valence-corrected chi connectivity index (χ4v) is 2.77. The van der Waals surface area contributed by atoms with Crippen LogP contribution in [0, 0.1) is 3.57 Å². The predicted octanol–water partition coefficient (Wildman–Crippen LogP) is 5.39. The molecule has 0 bridgehead atoms. The van der Waals surface area contributed by atoms with Gasteiger partial charge in [-0.15, -0.1) is 11.6 Å². The third-order valence-corrected chi connectivity index (χ3v) is 4.33. The van der Waals surface area contributed by atoms with Crippen LogP contribution in [0.1, 0.15) is 16.5 Å². The van der Waals surface area contributed by atoms with E-state index in [-0.39, 0.29) is 5.38 Å². The minimum Gasteiger partial charge on any atom is -0.496 e. The molecule has 0 aromatic heterocycles. The molecule has 0 heterocycles. The van der Waals surface area contributed by atoms with Crippen LogP contribution in [-0.2, 0) is 0 Å². The van der Waals surface area contributed by atoms with Crippen molar-refractivity contribution in [1.29, 1.82) is 0 Å². The average molecular weight is 438 g/mol. The van der Waals surface area contributed by atoms with Crippen LogP contribution in [0.3, 0.4) is 0 Å². The van der Waals surface area contributed by atoms with Gasteiger partial charge in [0.25, 0.3) is 0 Å². The Morgan fingerprint density at radius 2 is 1.83 bits per heavy atom. The van der Waals surface area contributed by atoms with Crippen LogP contribution in [0.15, 0.2) is 46.9 Å². The maximum Gasteiger partial charge on any atom is 0.123 e. The van der Waals surface area contributed by atoms with Crippen molar-refractivity contribution in [3.63, 3.8) is 0 Å². The molecule has 0 aliphatic rings. The zero-order valence-electron chi connectivity index (χ0n) is 9.66. The van der Waals surface area contributed by atoms with E-state index >= 15 is 0 Å². The summed E-state index contributed by atoms with van der Waals surface area (Å²) in [4.78, 5) is 0.